The van der Waals surface area contributed by atoms with Crippen LogP contribution in [0, 0.1) is 0 Å². The van der Waals surface area contributed by atoms with E-state index in [1.165, 1.54) is 24.3 Å². The maximum Gasteiger partial charge on any atom is 0.418 e. The van der Waals surface area contributed by atoms with Gasteiger partial charge in [-0.15, -0.1) is 0 Å². The molecule has 0 atom stereocenters. The molecular formula is C23H13Cl2F3N2O. The van der Waals surface area contributed by atoms with Crippen molar-refractivity contribution in [2.75, 3.05) is 5.32 Å². The van der Waals surface area contributed by atoms with Gasteiger partial charge >= 0.3 is 6.18 Å². The van der Waals surface area contributed by atoms with Gasteiger partial charge in [0, 0.05) is 16.0 Å². The number of para-hydroxylation sites is 2. The molecule has 0 unspecified atom stereocenters. The van der Waals surface area contributed by atoms with Gasteiger partial charge in [0.05, 0.1) is 33.0 Å². The number of hydrogen-bond acceptors (Lipinski definition) is 2. The number of amides is 1. The topological polar surface area (TPSA) is 42.0 Å². The van der Waals surface area contributed by atoms with E-state index in [1.807, 2.05) is 0 Å². The molecule has 0 saturated carbocycles. The van der Waals surface area contributed by atoms with Gasteiger partial charge in [-0.25, -0.2) is 4.98 Å². The van der Waals surface area contributed by atoms with Gasteiger partial charge in [0.15, 0.2) is 0 Å². The number of aromatic nitrogens is 1. The number of alkyl halides is 3. The second-order valence-corrected chi connectivity index (χ2v) is 7.54. The van der Waals surface area contributed by atoms with Gasteiger partial charge in [0.2, 0.25) is 0 Å². The smallest absolute Gasteiger partial charge is 0.321 e. The average molecular weight is 461 g/mol. The predicted octanol–water partition coefficient (Wildman–Crippen LogP) is 7.48. The quantitative estimate of drug-likeness (QED) is 0.344. The summed E-state index contributed by atoms with van der Waals surface area (Å²) in [5, 5.41) is 3.66. The van der Waals surface area contributed by atoms with E-state index in [0.29, 0.717) is 32.2 Å². The Labute approximate surface area is 185 Å². The molecular weight excluding hydrogens is 448 g/mol. The van der Waals surface area contributed by atoms with Crippen LogP contribution in [0.4, 0.5) is 18.9 Å². The van der Waals surface area contributed by atoms with Crippen LogP contribution in [0.1, 0.15) is 15.9 Å². The lowest BCUT2D eigenvalue weighted by Crippen LogP contribution is -2.17. The third kappa shape index (κ3) is 4.36. The highest BCUT2D eigenvalue weighted by Gasteiger charge is 2.33. The van der Waals surface area contributed by atoms with Crippen LogP contribution >= 0.6 is 23.2 Å². The molecule has 0 spiro atoms. The van der Waals surface area contributed by atoms with E-state index in [0.717, 1.165) is 6.07 Å². The minimum absolute atomic E-state index is 0.170. The average Bonchev–Trinajstić information content (AvgIpc) is 2.72. The first-order valence-electron chi connectivity index (χ1n) is 9.07. The maximum absolute atomic E-state index is 13.3. The molecule has 0 bridgehead atoms. The molecule has 156 valence electrons. The van der Waals surface area contributed by atoms with E-state index in [2.05, 4.69) is 10.3 Å². The highest BCUT2D eigenvalue weighted by Crippen LogP contribution is 2.36. The van der Waals surface area contributed by atoms with Crippen LogP contribution in [0.15, 0.2) is 72.8 Å². The van der Waals surface area contributed by atoms with Crippen LogP contribution in [-0.4, -0.2) is 10.9 Å². The predicted molar refractivity (Wildman–Crippen MR) is 117 cm³/mol. The van der Waals surface area contributed by atoms with Crippen molar-refractivity contribution >= 4 is 45.7 Å². The second-order valence-electron chi connectivity index (χ2n) is 6.69. The number of carbonyl (C=O) groups excluding carboxylic acids is 1. The SMILES string of the molecule is O=C(Nc1ccccc1C(F)(F)F)c1cc(-c2ccc(Cl)cc2Cl)nc2ccccc12. The molecule has 0 saturated heterocycles. The molecule has 0 fully saturated rings. The summed E-state index contributed by atoms with van der Waals surface area (Å²) in [6, 6.07) is 18.0. The number of nitrogens with zero attached hydrogens (tertiary/aromatic N) is 1. The van der Waals surface area contributed by atoms with Crippen molar-refractivity contribution in [2.24, 2.45) is 0 Å². The zero-order valence-corrected chi connectivity index (χ0v) is 17.2. The fraction of sp³-hybridized carbons (Fsp3) is 0.0435. The standard InChI is InChI=1S/C23H13Cl2F3N2O/c24-13-9-10-15(18(25)11-13)21-12-16(14-5-1-3-7-19(14)29-21)22(31)30-20-8-4-2-6-17(20)23(26,27)28/h1-12H,(H,30,31). The molecule has 0 aliphatic rings. The molecule has 3 aromatic carbocycles. The molecule has 1 amide bonds. The fourth-order valence-electron chi connectivity index (χ4n) is 3.23. The normalized spacial score (nSPS) is 11.5. The first-order valence-corrected chi connectivity index (χ1v) is 9.82. The zero-order chi connectivity index (χ0) is 22.2. The van der Waals surface area contributed by atoms with E-state index in [9.17, 15) is 18.0 Å². The molecule has 3 nitrogen and oxygen atoms in total. The van der Waals surface area contributed by atoms with Crippen molar-refractivity contribution in [3.63, 3.8) is 0 Å². The number of pyridine rings is 1. The van der Waals surface area contributed by atoms with E-state index >= 15 is 0 Å². The lowest BCUT2D eigenvalue weighted by molar-refractivity contribution is -0.136. The molecule has 8 heteroatoms. The van der Waals surface area contributed by atoms with Crippen molar-refractivity contribution < 1.29 is 18.0 Å². The molecule has 0 aliphatic carbocycles. The number of benzene rings is 3. The van der Waals surface area contributed by atoms with Crippen molar-refractivity contribution in [2.45, 2.75) is 6.18 Å². The van der Waals surface area contributed by atoms with Gasteiger partial charge in [-0.1, -0.05) is 53.5 Å². The number of anilines is 1. The minimum Gasteiger partial charge on any atom is -0.321 e. The molecule has 0 radical (unpaired) electrons. The summed E-state index contributed by atoms with van der Waals surface area (Å²) in [6.45, 7) is 0. The van der Waals surface area contributed by atoms with Gasteiger partial charge in [0.25, 0.3) is 5.91 Å². The highest BCUT2D eigenvalue weighted by molar-refractivity contribution is 6.36. The summed E-state index contributed by atoms with van der Waals surface area (Å²) in [6.07, 6.45) is -4.60. The van der Waals surface area contributed by atoms with Crippen molar-refractivity contribution in [3.05, 3.63) is 94.0 Å². The number of fused-ring (bicyclic) bond motifs is 1. The summed E-state index contributed by atoms with van der Waals surface area (Å²) >= 11 is 12.3. The molecule has 1 heterocycles. The Bertz CT molecular complexity index is 1310. The largest absolute Gasteiger partial charge is 0.418 e. The Hall–Kier alpha value is -3.09. The Balaban J connectivity index is 1.83. The van der Waals surface area contributed by atoms with Crippen LogP contribution in [0.3, 0.4) is 0 Å². The molecule has 1 N–H and O–H groups in total. The van der Waals surface area contributed by atoms with E-state index < -0.39 is 17.6 Å². The number of carbonyl (C=O) groups is 1. The van der Waals surface area contributed by atoms with Gasteiger partial charge in [-0.3, -0.25) is 4.79 Å². The first kappa shape index (κ1) is 21.2. The molecule has 0 aliphatic heterocycles. The monoisotopic (exact) mass is 460 g/mol. The number of hydrogen-bond donors (Lipinski definition) is 1. The van der Waals surface area contributed by atoms with Crippen LogP contribution in [0.2, 0.25) is 10.0 Å². The Kier molecular flexibility index (Phi) is 5.60. The summed E-state index contributed by atoms with van der Waals surface area (Å²) in [5.41, 5.74) is 0.356. The summed E-state index contributed by atoms with van der Waals surface area (Å²) in [5.74, 6) is -0.693. The molecule has 4 aromatic rings. The second kappa shape index (κ2) is 8.21. The summed E-state index contributed by atoms with van der Waals surface area (Å²) in [4.78, 5) is 17.6. The van der Waals surface area contributed by atoms with Crippen LogP contribution in [0.25, 0.3) is 22.2 Å². The number of nitrogens with one attached hydrogen (secondary N) is 1. The van der Waals surface area contributed by atoms with Crippen LogP contribution < -0.4 is 5.32 Å². The molecule has 31 heavy (non-hydrogen) atoms. The van der Waals surface area contributed by atoms with E-state index in [1.54, 1.807) is 42.5 Å². The van der Waals surface area contributed by atoms with E-state index in [4.69, 9.17) is 23.2 Å². The molecule has 1 aromatic heterocycles. The van der Waals surface area contributed by atoms with Gasteiger partial charge in [-0.05, 0) is 42.5 Å². The van der Waals surface area contributed by atoms with Gasteiger partial charge in [-0.2, -0.15) is 13.2 Å². The zero-order valence-electron chi connectivity index (χ0n) is 15.7. The van der Waals surface area contributed by atoms with Crippen molar-refractivity contribution in [3.8, 4) is 11.3 Å². The third-order valence-electron chi connectivity index (χ3n) is 4.65. The third-order valence-corrected chi connectivity index (χ3v) is 5.20. The molecule has 4 rings (SSSR count). The van der Waals surface area contributed by atoms with E-state index in [-0.39, 0.29) is 11.3 Å². The Morgan fingerprint density at radius 1 is 0.903 bits per heavy atom. The minimum atomic E-state index is -4.60. The number of halogens is 5. The lowest BCUT2D eigenvalue weighted by atomic mass is 10.0. The van der Waals surface area contributed by atoms with Gasteiger partial charge in [0.1, 0.15) is 0 Å². The Morgan fingerprint density at radius 3 is 2.35 bits per heavy atom. The van der Waals surface area contributed by atoms with Gasteiger partial charge < -0.3 is 5.32 Å². The van der Waals surface area contributed by atoms with Crippen molar-refractivity contribution in [1.82, 2.24) is 4.98 Å². The van der Waals surface area contributed by atoms with Crippen molar-refractivity contribution in [1.29, 1.82) is 0 Å². The lowest BCUT2D eigenvalue weighted by Gasteiger charge is -2.15. The number of rotatable bonds is 3. The fourth-order valence-corrected chi connectivity index (χ4v) is 3.73. The first-order chi connectivity index (χ1) is 14.7. The summed E-state index contributed by atoms with van der Waals surface area (Å²) in [7, 11) is 0. The maximum atomic E-state index is 13.3. The van der Waals surface area contributed by atoms with Crippen LogP contribution in [-0.2, 0) is 6.18 Å². The summed E-state index contributed by atoms with van der Waals surface area (Å²) < 4.78 is 40.0. The Morgan fingerprint density at radius 2 is 1.61 bits per heavy atom. The van der Waals surface area contributed by atoms with Crippen LogP contribution in [0.5, 0.6) is 0 Å². The highest BCUT2D eigenvalue weighted by atomic mass is 35.5.